The highest BCUT2D eigenvalue weighted by molar-refractivity contribution is 6.07. The maximum atomic E-state index is 12.5. The van der Waals surface area contributed by atoms with E-state index in [1.165, 1.54) is 6.07 Å². The number of carbonyl (C=O) groups is 2. The van der Waals surface area contributed by atoms with Crippen molar-refractivity contribution < 1.29 is 18.7 Å². The van der Waals surface area contributed by atoms with Crippen molar-refractivity contribution in [1.29, 1.82) is 0 Å². The van der Waals surface area contributed by atoms with Crippen molar-refractivity contribution in [3.63, 3.8) is 0 Å². The van der Waals surface area contributed by atoms with Crippen molar-refractivity contribution in [2.45, 2.75) is 6.61 Å². The number of ether oxygens (including phenoxy) is 1. The summed E-state index contributed by atoms with van der Waals surface area (Å²) in [5.41, 5.74) is 6.20. The van der Waals surface area contributed by atoms with Gasteiger partial charge in [-0.05, 0) is 30.3 Å². The van der Waals surface area contributed by atoms with Gasteiger partial charge in [0.2, 0.25) is 0 Å². The van der Waals surface area contributed by atoms with Crippen LogP contribution in [0.1, 0.15) is 26.7 Å². The van der Waals surface area contributed by atoms with Crippen molar-refractivity contribution in [3.05, 3.63) is 90.0 Å². The zero-order valence-electron chi connectivity index (χ0n) is 15.7. The van der Waals surface area contributed by atoms with E-state index in [0.717, 1.165) is 10.9 Å². The number of furan rings is 1. The highest BCUT2D eigenvalue weighted by Crippen LogP contribution is 2.20. The number of benzene rings is 2. The number of aryl methyl sites for hydroxylation is 1. The minimum atomic E-state index is -0.551. The van der Waals surface area contributed by atoms with Crippen LogP contribution in [0.25, 0.3) is 10.9 Å². The van der Waals surface area contributed by atoms with Gasteiger partial charge in [-0.15, -0.1) is 0 Å². The number of hydrazine groups is 1. The summed E-state index contributed by atoms with van der Waals surface area (Å²) in [6, 6.07) is 20.0. The van der Waals surface area contributed by atoms with E-state index in [2.05, 4.69) is 10.9 Å². The number of hydrogen-bond donors (Lipinski definition) is 2. The van der Waals surface area contributed by atoms with E-state index in [4.69, 9.17) is 9.15 Å². The molecule has 2 amide bonds. The van der Waals surface area contributed by atoms with E-state index in [1.807, 2.05) is 66.2 Å². The molecule has 2 N–H and O–H groups in total. The van der Waals surface area contributed by atoms with Gasteiger partial charge in [-0.25, -0.2) is 0 Å². The van der Waals surface area contributed by atoms with E-state index in [-0.39, 0.29) is 12.4 Å². The summed E-state index contributed by atoms with van der Waals surface area (Å²) in [6.07, 6.45) is 1.72. The molecule has 2 heterocycles. The molecule has 0 aliphatic carbocycles. The molecule has 7 heteroatoms. The zero-order valence-corrected chi connectivity index (χ0v) is 15.7. The van der Waals surface area contributed by atoms with Gasteiger partial charge >= 0.3 is 5.91 Å². The SMILES string of the molecule is Cn1cc(C(=O)NNC(=O)c2ccc(COc3ccccc3)o2)c2ccccc21. The summed E-state index contributed by atoms with van der Waals surface area (Å²) in [7, 11) is 1.86. The van der Waals surface area contributed by atoms with E-state index < -0.39 is 11.8 Å². The number of nitrogens with one attached hydrogen (secondary N) is 2. The molecule has 29 heavy (non-hydrogen) atoms. The van der Waals surface area contributed by atoms with Crippen LogP contribution in [0.3, 0.4) is 0 Å². The Morgan fingerprint density at radius 1 is 0.931 bits per heavy atom. The standard InChI is InChI=1S/C22H19N3O4/c1-25-13-18(17-9-5-6-10-19(17)25)21(26)23-24-22(27)20-12-11-16(29-20)14-28-15-7-3-2-4-8-15/h2-13H,14H2,1H3,(H,23,26)(H,24,27). The van der Waals surface area contributed by atoms with Crippen molar-refractivity contribution >= 4 is 22.7 Å². The quantitative estimate of drug-likeness (QED) is 0.512. The van der Waals surface area contributed by atoms with Crippen molar-refractivity contribution in [3.8, 4) is 5.75 Å². The van der Waals surface area contributed by atoms with Gasteiger partial charge in [0, 0.05) is 24.1 Å². The fraction of sp³-hybridized carbons (Fsp3) is 0.0909. The molecule has 0 saturated heterocycles. The molecular formula is C22H19N3O4. The largest absolute Gasteiger partial charge is 0.486 e. The first-order valence-electron chi connectivity index (χ1n) is 9.03. The molecule has 0 atom stereocenters. The van der Waals surface area contributed by atoms with E-state index in [0.29, 0.717) is 17.1 Å². The van der Waals surface area contributed by atoms with Gasteiger partial charge in [-0.3, -0.25) is 20.4 Å². The Labute approximate surface area is 166 Å². The van der Waals surface area contributed by atoms with E-state index in [1.54, 1.807) is 12.3 Å². The second kappa shape index (κ2) is 7.93. The van der Waals surface area contributed by atoms with Crippen LogP contribution < -0.4 is 15.6 Å². The average molecular weight is 389 g/mol. The van der Waals surface area contributed by atoms with Crippen molar-refractivity contribution in [1.82, 2.24) is 15.4 Å². The summed E-state index contributed by atoms with van der Waals surface area (Å²) in [6.45, 7) is 0.194. The Kier molecular flexibility index (Phi) is 5.03. The monoisotopic (exact) mass is 389 g/mol. The van der Waals surface area contributed by atoms with E-state index in [9.17, 15) is 9.59 Å². The number of carbonyl (C=O) groups excluding carboxylic acids is 2. The lowest BCUT2D eigenvalue weighted by Gasteiger charge is -2.05. The van der Waals surface area contributed by atoms with Crippen LogP contribution >= 0.6 is 0 Å². The molecule has 4 aromatic rings. The fourth-order valence-corrected chi connectivity index (χ4v) is 3.01. The molecule has 0 aliphatic heterocycles. The topological polar surface area (TPSA) is 85.5 Å². The Hall–Kier alpha value is -4.00. The van der Waals surface area contributed by atoms with Crippen LogP contribution in [-0.2, 0) is 13.7 Å². The fourth-order valence-electron chi connectivity index (χ4n) is 3.01. The zero-order chi connectivity index (χ0) is 20.2. The predicted molar refractivity (Wildman–Crippen MR) is 107 cm³/mol. The Morgan fingerprint density at radius 2 is 1.66 bits per heavy atom. The normalized spacial score (nSPS) is 10.7. The summed E-state index contributed by atoms with van der Waals surface area (Å²) < 4.78 is 12.9. The highest BCUT2D eigenvalue weighted by Gasteiger charge is 2.16. The second-order valence-corrected chi connectivity index (χ2v) is 6.45. The van der Waals surface area contributed by atoms with Crippen LogP contribution in [0.5, 0.6) is 5.75 Å². The summed E-state index contributed by atoms with van der Waals surface area (Å²) in [5.74, 6) is 0.324. The Morgan fingerprint density at radius 3 is 2.48 bits per heavy atom. The lowest BCUT2D eigenvalue weighted by molar-refractivity contribution is 0.0829. The molecule has 0 unspecified atom stereocenters. The number of amides is 2. The first-order valence-corrected chi connectivity index (χ1v) is 9.03. The molecule has 146 valence electrons. The third kappa shape index (κ3) is 3.98. The Balaban J connectivity index is 1.36. The minimum absolute atomic E-state index is 0.0786. The summed E-state index contributed by atoms with van der Waals surface area (Å²) >= 11 is 0. The predicted octanol–water partition coefficient (Wildman–Crippen LogP) is 3.43. The molecule has 2 aromatic heterocycles. The number of para-hydroxylation sites is 2. The molecule has 0 bridgehead atoms. The lowest BCUT2D eigenvalue weighted by atomic mass is 10.2. The molecule has 0 fully saturated rings. The van der Waals surface area contributed by atoms with Crippen LogP contribution in [0.4, 0.5) is 0 Å². The number of fused-ring (bicyclic) bond motifs is 1. The van der Waals surface area contributed by atoms with Crippen LogP contribution in [-0.4, -0.2) is 16.4 Å². The average Bonchev–Trinajstić information content (AvgIpc) is 3.36. The molecule has 4 rings (SSSR count). The molecule has 0 radical (unpaired) electrons. The van der Waals surface area contributed by atoms with Gasteiger partial charge in [-0.1, -0.05) is 36.4 Å². The third-order valence-corrected chi connectivity index (χ3v) is 4.44. The lowest BCUT2D eigenvalue weighted by Crippen LogP contribution is -2.41. The highest BCUT2D eigenvalue weighted by atomic mass is 16.5. The third-order valence-electron chi connectivity index (χ3n) is 4.44. The van der Waals surface area contributed by atoms with Gasteiger partial charge in [0.15, 0.2) is 5.76 Å². The van der Waals surface area contributed by atoms with Crippen LogP contribution in [0, 0.1) is 0 Å². The molecule has 7 nitrogen and oxygen atoms in total. The molecular weight excluding hydrogens is 370 g/mol. The van der Waals surface area contributed by atoms with Gasteiger partial charge in [0.1, 0.15) is 18.1 Å². The summed E-state index contributed by atoms with van der Waals surface area (Å²) in [4.78, 5) is 24.8. The minimum Gasteiger partial charge on any atom is -0.486 e. The number of aromatic nitrogens is 1. The molecule has 0 aliphatic rings. The molecule has 2 aromatic carbocycles. The maximum Gasteiger partial charge on any atom is 0.305 e. The molecule has 0 saturated carbocycles. The van der Waals surface area contributed by atoms with Crippen LogP contribution in [0.2, 0.25) is 0 Å². The number of hydrogen-bond acceptors (Lipinski definition) is 4. The number of rotatable bonds is 5. The second-order valence-electron chi connectivity index (χ2n) is 6.45. The Bertz CT molecular complexity index is 1160. The number of nitrogens with zero attached hydrogens (tertiary/aromatic N) is 1. The van der Waals surface area contributed by atoms with Gasteiger partial charge in [-0.2, -0.15) is 0 Å². The van der Waals surface area contributed by atoms with Crippen molar-refractivity contribution in [2.75, 3.05) is 0 Å². The van der Waals surface area contributed by atoms with Crippen molar-refractivity contribution in [2.24, 2.45) is 7.05 Å². The summed E-state index contributed by atoms with van der Waals surface area (Å²) in [5, 5.41) is 0.806. The first kappa shape index (κ1) is 18.4. The van der Waals surface area contributed by atoms with Gasteiger partial charge in [0.05, 0.1) is 5.56 Å². The van der Waals surface area contributed by atoms with Gasteiger partial charge in [0.25, 0.3) is 5.91 Å². The van der Waals surface area contributed by atoms with Crippen LogP contribution in [0.15, 0.2) is 77.3 Å². The first-order chi connectivity index (χ1) is 14.1. The smallest absolute Gasteiger partial charge is 0.305 e. The van der Waals surface area contributed by atoms with Gasteiger partial charge < -0.3 is 13.7 Å². The maximum absolute atomic E-state index is 12.5. The molecule has 0 spiro atoms. The van der Waals surface area contributed by atoms with E-state index >= 15 is 0 Å².